The van der Waals surface area contributed by atoms with Crippen LogP contribution >= 0.6 is 0 Å². The smallest absolute Gasteiger partial charge is 0.121 e. The molecule has 3 nitrogen and oxygen atoms in total. The van der Waals surface area contributed by atoms with Gasteiger partial charge in [0.2, 0.25) is 0 Å². The average molecular weight is 183 g/mol. The molecule has 2 rings (SSSR count). The summed E-state index contributed by atoms with van der Waals surface area (Å²) in [5, 5.41) is 13.1. The zero-order valence-corrected chi connectivity index (χ0v) is 7.83. The molecular formula is C10H17NO2. The number of hydrogen-bond donors (Lipinski definition) is 2. The van der Waals surface area contributed by atoms with Crippen LogP contribution in [-0.4, -0.2) is 30.4 Å². The normalized spacial score (nSPS) is 29.9. The molecule has 1 fully saturated rings. The number of aliphatic hydroxyl groups is 1. The van der Waals surface area contributed by atoms with Crippen LogP contribution in [0.5, 0.6) is 0 Å². The first kappa shape index (κ1) is 9.03. The molecule has 2 N–H and O–H groups in total. The molecule has 0 bridgehead atoms. The van der Waals surface area contributed by atoms with E-state index in [1.807, 2.05) is 6.08 Å². The molecule has 2 unspecified atom stereocenters. The Hall–Kier alpha value is -0.540. The van der Waals surface area contributed by atoms with E-state index in [0.717, 1.165) is 31.8 Å². The molecule has 74 valence electrons. The quantitative estimate of drug-likeness (QED) is 0.680. The van der Waals surface area contributed by atoms with Crippen molar-refractivity contribution in [1.82, 2.24) is 5.32 Å². The Bertz CT molecular complexity index is 197. The highest BCUT2D eigenvalue weighted by molar-refractivity contribution is 5.04. The van der Waals surface area contributed by atoms with E-state index < -0.39 is 6.10 Å². The summed E-state index contributed by atoms with van der Waals surface area (Å²) in [4.78, 5) is 0. The molecule has 3 heteroatoms. The summed E-state index contributed by atoms with van der Waals surface area (Å²) in [6, 6.07) is 0.486. The van der Waals surface area contributed by atoms with Crippen LogP contribution in [-0.2, 0) is 4.74 Å². The zero-order valence-electron chi connectivity index (χ0n) is 7.83. The first-order valence-electron chi connectivity index (χ1n) is 5.10. The zero-order chi connectivity index (χ0) is 9.10. The standard InChI is InChI=1S/C10H17NO2/c12-9(10-4-2-6-13-10)7-8-3-1-5-11-8/h4,8-9,11-12H,1-3,5-7H2. The van der Waals surface area contributed by atoms with Gasteiger partial charge >= 0.3 is 0 Å². The summed E-state index contributed by atoms with van der Waals surface area (Å²) >= 11 is 0. The van der Waals surface area contributed by atoms with Crippen molar-refractivity contribution in [2.24, 2.45) is 0 Å². The van der Waals surface area contributed by atoms with Gasteiger partial charge in [-0.2, -0.15) is 0 Å². The largest absolute Gasteiger partial charge is 0.495 e. The van der Waals surface area contributed by atoms with Crippen molar-refractivity contribution in [1.29, 1.82) is 0 Å². The lowest BCUT2D eigenvalue weighted by Gasteiger charge is -2.16. The molecule has 0 amide bonds. The molecule has 0 spiro atoms. The van der Waals surface area contributed by atoms with Gasteiger partial charge in [-0.15, -0.1) is 0 Å². The van der Waals surface area contributed by atoms with Crippen molar-refractivity contribution in [2.45, 2.75) is 37.8 Å². The number of ether oxygens (including phenoxy) is 1. The highest BCUT2D eigenvalue weighted by atomic mass is 16.5. The molecule has 0 aliphatic carbocycles. The molecule has 2 aliphatic heterocycles. The minimum absolute atomic E-state index is 0.391. The van der Waals surface area contributed by atoms with Crippen molar-refractivity contribution in [3.05, 3.63) is 11.8 Å². The number of aliphatic hydroxyl groups excluding tert-OH is 1. The molecule has 0 saturated carbocycles. The van der Waals surface area contributed by atoms with Crippen LogP contribution in [0.3, 0.4) is 0 Å². The number of hydrogen-bond acceptors (Lipinski definition) is 3. The Morgan fingerprint density at radius 3 is 3.23 bits per heavy atom. The number of nitrogens with one attached hydrogen (secondary N) is 1. The van der Waals surface area contributed by atoms with Crippen molar-refractivity contribution in [3.63, 3.8) is 0 Å². The summed E-state index contributed by atoms with van der Waals surface area (Å²) in [5.74, 6) is 0.786. The monoisotopic (exact) mass is 183 g/mol. The Balaban J connectivity index is 1.79. The van der Waals surface area contributed by atoms with Gasteiger partial charge in [0.05, 0.1) is 6.61 Å². The van der Waals surface area contributed by atoms with Gasteiger partial charge in [0.1, 0.15) is 11.9 Å². The topological polar surface area (TPSA) is 41.5 Å². The van der Waals surface area contributed by atoms with Crippen molar-refractivity contribution in [2.75, 3.05) is 13.2 Å². The van der Waals surface area contributed by atoms with Crippen LogP contribution < -0.4 is 5.32 Å². The van der Waals surface area contributed by atoms with Crippen LogP contribution in [0.25, 0.3) is 0 Å². The lowest BCUT2D eigenvalue weighted by molar-refractivity contribution is 0.105. The van der Waals surface area contributed by atoms with Crippen LogP contribution in [0.2, 0.25) is 0 Å². The molecule has 0 radical (unpaired) electrons. The lowest BCUT2D eigenvalue weighted by atomic mass is 10.1. The molecule has 13 heavy (non-hydrogen) atoms. The SMILES string of the molecule is OC(CC1CCCN1)C1=CCCO1. The van der Waals surface area contributed by atoms with E-state index in [0.29, 0.717) is 6.04 Å². The predicted octanol–water partition coefficient (Wildman–Crippen LogP) is 0.794. The van der Waals surface area contributed by atoms with E-state index in [1.54, 1.807) is 0 Å². The van der Waals surface area contributed by atoms with Crippen molar-refractivity contribution in [3.8, 4) is 0 Å². The molecule has 0 aromatic heterocycles. The molecule has 2 heterocycles. The Morgan fingerprint density at radius 2 is 2.62 bits per heavy atom. The van der Waals surface area contributed by atoms with Gasteiger partial charge < -0.3 is 15.2 Å². The van der Waals surface area contributed by atoms with Crippen LogP contribution in [0.15, 0.2) is 11.8 Å². The maximum absolute atomic E-state index is 9.78. The van der Waals surface area contributed by atoms with Gasteiger partial charge in [-0.05, 0) is 31.9 Å². The second-order valence-corrected chi connectivity index (χ2v) is 3.79. The molecule has 0 aromatic carbocycles. The molecule has 2 atom stereocenters. The van der Waals surface area contributed by atoms with Crippen LogP contribution in [0.1, 0.15) is 25.7 Å². The molecule has 1 saturated heterocycles. The third kappa shape index (κ3) is 2.23. The molecular weight excluding hydrogens is 166 g/mol. The van der Waals surface area contributed by atoms with Crippen molar-refractivity contribution >= 4 is 0 Å². The summed E-state index contributed by atoms with van der Waals surface area (Å²) in [6.45, 7) is 1.84. The predicted molar refractivity (Wildman–Crippen MR) is 50.3 cm³/mol. The van der Waals surface area contributed by atoms with Gasteiger partial charge in [0, 0.05) is 12.5 Å². The average Bonchev–Trinajstić information content (AvgIpc) is 2.74. The summed E-state index contributed by atoms with van der Waals surface area (Å²) in [7, 11) is 0. The second kappa shape index (κ2) is 4.11. The third-order valence-electron chi connectivity index (χ3n) is 2.73. The molecule has 0 aromatic rings. The van der Waals surface area contributed by atoms with Gasteiger partial charge in [0.25, 0.3) is 0 Å². The summed E-state index contributed by atoms with van der Waals surface area (Å²) < 4.78 is 5.31. The fraction of sp³-hybridized carbons (Fsp3) is 0.800. The van der Waals surface area contributed by atoms with E-state index in [-0.39, 0.29) is 0 Å². The minimum Gasteiger partial charge on any atom is -0.495 e. The maximum atomic E-state index is 9.78. The third-order valence-corrected chi connectivity index (χ3v) is 2.73. The van der Waals surface area contributed by atoms with E-state index >= 15 is 0 Å². The Morgan fingerprint density at radius 1 is 1.69 bits per heavy atom. The first-order valence-corrected chi connectivity index (χ1v) is 5.10. The first-order chi connectivity index (χ1) is 6.36. The van der Waals surface area contributed by atoms with Gasteiger partial charge in [-0.25, -0.2) is 0 Å². The van der Waals surface area contributed by atoms with Crippen LogP contribution in [0.4, 0.5) is 0 Å². The second-order valence-electron chi connectivity index (χ2n) is 3.79. The highest BCUT2D eigenvalue weighted by Gasteiger charge is 2.22. The van der Waals surface area contributed by atoms with E-state index in [1.165, 1.54) is 12.8 Å². The maximum Gasteiger partial charge on any atom is 0.121 e. The van der Waals surface area contributed by atoms with Gasteiger partial charge in [-0.1, -0.05) is 0 Å². The summed E-state index contributed by atoms with van der Waals surface area (Å²) in [6.07, 6.45) is 5.77. The van der Waals surface area contributed by atoms with Gasteiger partial charge in [0.15, 0.2) is 0 Å². The number of rotatable bonds is 3. The lowest BCUT2D eigenvalue weighted by Crippen LogP contribution is -2.27. The van der Waals surface area contributed by atoms with E-state index in [2.05, 4.69) is 5.32 Å². The van der Waals surface area contributed by atoms with Gasteiger partial charge in [-0.3, -0.25) is 0 Å². The Kier molecular flexibility index (Phi) is 2.86. The van der Waals surface area contributed by atoms with E-state index in [9.17, 15) is 5.11 Å². The van der Waals surface area contributed by atoms with E-state index in [4.69, 9.17) is 4.74 Å². The minimum atomic E-state index is -0.391. The summed E-state index contributed by atoms with van der Waals surface area (Å²) in [5.41, 5.74) is 0. The van der Waals surface area contributed by atoms with Crippen molar-refractivity contribution < 1.29 is 9.84 Å². The molecule has 2 aliphatic rings. The fourth-order valence-corrected chi connectivity index (χ4v) is 2.01. The fourth-order valence-electron chi connectivity index (χ4n) is 2.01. The van der Waals surface area contributed by atoms with Crippen LogP contribution in [0, 0.1) is 0 Å². The Labute approximate surface area is 78.8 Å². The highest BCUT2D eigenvalue weighted by Crippen LogP contribution is 2.19.